The number of ether oxygens (including phenoxy) is 3. The van der Waals surface area contributed by atoms with Gasteiger partial charge in [-0.1, -0.05) is 20.3 Å². The first-order valence-corrected chi connectivity index (χ1v) is 9.14. The van der Waals surface area contributed by atoms with E-state index in [1.165, 1.54) is 0 Å². The number of hydrogen-bond acceptors (Lipinski definition) is 4. The molecular formula is C18H22F9NO3. The summed E-state index contributed by atoms with van der Waals surface area (Å²) in [7, 11) is 0. The van der Waals surface area contributed by atoms with Crippen LogP contribution in [0.4, 0.5) is 39.5 Å². The van der Waals surface area contributed by atoms with Crippen LogP contribution in [0.5, 0.6) is 17.2 Å². The summed E-state index contributed by atoms with van der Waals surface area (Å²) in [5, 5.41) is 0. The highest BCUT2D eigenvalue weighted by Crippen LogP contribution is 2.44. The van der Waals surface area contributed by atoms with E-state index in [0.717, 1.165) is 0 Å². The maximum Gasteiger partial charge on any atom is 0.573 e. The summed E-state index contributed by atoms with van der Waals surface area (Å²) in [4.78, 5) is 0. The fraction of sp³-hybridized carbons (Fsp3) is 0.667. The lowest BCUT2D eigenvalue weighted by Crippen LogP contribution is -2.23. The van der Waals surface area contributed by atoms with E-state index in [1.807, 2.05) is 13.8 Å². The second-order valence-electron chi connectivity index (χ2n) is 7.09. The predicted molar refractivity (Wildman–Crippen MR) is 91.4 cm³/mol. The third kappa shape index (κ3) is 10.7. The van der Waals surface area contributed by atoms with Gasteiger partial charge in [0.2, 0.25) is 0 Å². The molecule has 0 saturated carbocycles. The number of halogens is 9. The Morgan fingerprint density at radius 2 is 1.26 bits per heavy atom. The first-order chi connectivity index (χ1) is 14.0. The zero-order chi connectivity index (χ0) is 24.0. The Hall–Kier alpha value is -2.05. The molecule has 13 heteroatoms. The summed E-state index contributed by atoms with van der Waals surface area (Å²) in [6, 6.07) is 0.720. The third-order valence-electron chi connectivity index (χ3n) is 4.18. The van der Waals surface area contributed by atoms with Crippen molar-refractivity contribution >= 4 is 0 Å². The molecule has 2 unspecified atom stereocenters. The van der Waals surface area contributed by atoms with Crippen molar-refractivity contribution in [3.63, 3.8) is 0 Å². The van der Waals surface area contributed by atoms with E-state index >= 15 is 0 Å². The summed E-state index contributed by atoms with van der Waals surface area (Å²) >= 11 is 0. The van der Waals surface area contributed by atoms with Crippen molar-refractivity contribution < 1.29 is 53.7 Å². The Morgan fingerprint density at radius 3 is 1.74 bits per heavy atom. The van der Waals surface area contributed by atoms with E-state index in [0.29, 0.717) is 25.5 Å². The zero-order valence-electron chi connectivity index (χ0n) is 16.5. The van der Waals surface area contributed by atoms with Crippen molar-refractivity contribution in [2.75, 3.05) is 6.54 Å². The van der Waals surface area contributed by atoms with Crippen LogP contribution in [0, 0.1) is 11.8 Å². The van der Waals surface area contributed by atoms with Gasteiger partial charge < -0.3 is 19.9 Å². The summed E-state index contributed by atoms with van der Waals surface area (Å²) in [5.74, 6) is -3.91. The van der Waals surface area contributed by atoms with E-state index < -0.39 is 48.3 Å². The minimum Gasteiger partial charge on any atom is -0.405 e. The van der Waals surface area contributed by atoms with Crippen molar-refractivity contribution in [1.29, 1.82) is 0 Å². The molecule has 1 aromatic carbocycles. The van der Waals surface area contributed by atoms with Crippen molar-refractivity contribution in [3.8, 4) is 17.2 Å². The lowest BCUT2D eigenvalue weighted by Gasteiger charge is -2.22. The second-order valence-corrected chi connectivity index (χ2v) is 7.09. The fourth-order valence-corrected chi connectivity index (χ4v) is 3.01. The number of alkyl halides is 9. The van der Waals surface area contributed by atoms with Crippen molar-refractivity contribution in [2.45, 2.75) is 58.6 Å². The molecule has 1 aromatic rings. The standard InChI is InChI=1S/C18H22F9NO3/c1-10(8-11(2)9-28)4-3-5-12-13(29-16(19,20)21)6-7-14(30-17(22,23)24)15(12)31-18(25,26)27/h6-7,10-11H,3-5,8-9,28H2,1-2H3. The molecule has 0 bridgehead atoms. The Morgan fingerprint density at radius 1 is 0.774 bits per heavy atom. The maximum absolute atomic E-state index is 12.8. The lowest BCUT2D eigenvalue weighted by molar-refractivity contribution is -0.288. The number of benzene rings is 1. The van der Waals surface area contributed by atoms with Gasteiger partial charge in [-0.05, 0) is 49.8 Å². The SMILES string of the molecule is CC(CN)CC(C)CCCc1c(OC(F)(F)F)ccc(OC(F)(F)F)c1OC(F)(F)F. The number of nitrogens with two attached hydrogens (primary N) is 1. The highest BCUT2D eigenvalue weighted by Gasteiger charge is 2.40. The van der Waals surface area contributed by atoms with Gasteiger partial charge in [0, 0.05) is 5.56 Å². The van der Waals surface area contributed by atoms with Gasteiger partial charge >= 0.3 is 19.1 Å². The average molecular weight is 471 g/mol. The fourth-order valence-electron chi connectivity index (χ4n) is 3.01. The smallest absolute Gasteiger partial charge is 0.405 e. The molecule has 0 saturated heterocycles. The van der Waals surface area contributed by atoms with Crippen LogP contribution in [0.25, 0.3) is 0 Å². The van der Waals surface area contributed by atoms with Crippen LogP contribution < -0.4 is 19.9 Å². The minimum absolute atomic E-state index is 0.0205. The van der Waals surface area contributed by atoms with Gasteiger partial charge in [0.25, 0.3) is 0 Å². The first kappa shape index (κ1) is 27.0. The quantitative estimate of drug-likeness (QED) is 0.406. The molecule has 0 radical (unpaired) electrons. The van der Waals surface area contributed by atoms with Gasteiger partial charge in [-0.25, -0.2) is 0 Å². The highest BCUT2D eigenvalue weighted by atomic mass is 19.4. The van der Waals surface area contributed by atoms with Crippen LogP contribution in [-0.2, 0) is 6.42 Å². The molecule has 0 amide bonds. The Bertz CT molecular complexity index is 702. The Kier molecular flexibility index (Phi) is 9.15. The molecule has 2 atom stereocenters. The van der Waals surface area contributed by atoms with Crippen LogP contribution in [0.2, 0.25) is 0 Å². The van der Waals surface area contributed by atoms with E-state index in [-0.39, 0.29) is 24.3 Å². The van der Waals surface area contributed by atoms with Gasteiger partial charge in [0.05, 0.1) is 0 Å². The predicted octanol–water partition coefficient (Wildman–Crippen LogP) is 6.33. The van der Waals surface area contributed by atoms with Gasteiger partial charge in [0.1, 0.15) is 5.75 Å². The average Bonchev–Trinajstić information content (AvgIpc) is 2.55. The molecule has 4 nitrogen and oxygen atoms in total. The Labute approximate surface area is 172 Å². The van der Waals surface area contributed by atoms with Gasteiger partial charge in [0.15, 0.2) is 11.5 Å². The molecular weight excluding hydrogens is 449 g/mol. The lowest BCUT2D eigenvalue weighted by atomic mass is 9.92. The molecule has 180 valence electrons. The van der Waals surface area contributed by atoms with Crippen LogP contribution in [-0.4, -0.2) is 25.6 Å². The maximum atomic E-state index is 12.8. The molecule has 0 aliphatic carbocycles. The third-order valence-corrected chi connectivity index (χ3v) is 4.18. The normalized spacial score (nSPS) is 14.8. The Balaban J connectivity index is 3.29. The summed E-state index contributed by atoms with van der Waals surface area (Å²) in [6.45, 7) is 4.09. The summed E-state index contributed by atoms with van der Waals surface area (Å²) in [5.41, 5.74) is 4.67. The molecule has 31 heavy (non-hydrogen) atoms. The molecule has 0 fully saturated rings. The van der Waals surface area contributed by atoms with Crippen LogP contribution in [0.15, 0.2) is 12.1 Å². The molecule has 0 aliphatic heterocycles. The van der Waals surface area contributed by atoms with Crippen molar-refractivity contribution in [1.82, 2.24) is 0 Å². The molecule has 0 heterocycles. The molecule has 2 N–H and O–H groups in total. The molecule has 0 aromatic heterocycles. The largest absolute Gasteiger partial charge is 0.573 e. The van der Waals surface area contributed by atoms with Gasteiger partial charge in [-0.2, -0.15) is 0 Å². The molecule has 0 spiro atoms. The van der Waals surface area contributed by atoms with E-state index in [9.17, 15) is 39.5 Å². The molecule has 1 rings (SSSR count). The van der Waals surface area contributed by atoms with Gasteiger partial charge in [-0.15, -0.1) is 39.5 Å². The van der Waals surface area contributed by atoms with Crippen LogP contribution >= 0.6 is 0 Å². The summed E-state index contributed by atoms with van der Waals surface area (Å²) in [6.07, 6.45) is -15.6. The minimum atomic E-state index is -5.49. The van der Waals surface area contributed by atoms with Gasteiger partial charge in [-0.3, -0.25) is 0 Å². The number of hydrogen-bond donors (Lipinski definition) is 1. The van der Waals surface area contributed by atoms with Crippen LogP contribution in [0.3, 0.4) is 0 Å². The van der Waals surface area contributed by atoms with Crippen LogP contribution in [0.1, 0.15) is 38.7 Å². The zero-order valence-corrected chi connectivity index (χ0v) is 16.5. The molecule has 0 aliphatic rings. The van der Waals surface area contributed by atoms with E-state index in [1.54, 1.807) is 0 Å². The first-order valence-electron chi connectivity index (χ1n) is 9.14. The topological polar surface area (TPSA) is 53.7 Å². The van der Waals surface area contributed by atoms with Crippen molar-refractivity contribution in [3.05, 3.63) is 17.7 Å². The monoisotopic (exact) mass is 471 g/mol. The second kappa shape index (κ2) is 10.5. The number of rotatable bonds is 10. The highest BCUT2D eigenvalue weighted by molar-refractivity contribution is 5.54. The van der Waals surface area contributed by atoms with E-state index in [2.05, 4.69) is 14.2 Å². The van der Waals surface area contributed by atoms with E-state index in [4.69, 9.17) is 5.73 Å². The van der Waals surface area contributed by atoms with Crippen molar-refractivity contribution in [2.24, 2.45) is 17.6 Å². The summed E-state index contributed by atoms with van der Waals surface area (Å²) < 4.78 is 125.